The largest absolute Gasteiger partial charge is 0.386 e. The lowest BCUT2D eigenvalue weighted by atomic mass is 10.2. The van der Waals surface area contributed by atoms with Gasteiger partial charge in [-0.15, -0.1) is 0 Å². The van der Waals surface area contributed by atoms with Crippen molar-refractivity contribution in [1.29, 1.82) is 0 Å². The van der Waals surface area contributed by atoms with Crippen LogP contribution in [0.15, 0.2) is 24.3 Å². The Labute approximate surface area is 93.1 Å². The number of aromatic nitrogens is 1. The molecule has 2 rings (SSSR count). The normalized spacial score (nSPS) is 13.3. The van der Waals surface area contributed by atoms with E-state index < -0.39 is 6.10 Å². The summed E-state index contributed by atoms with van der Waals surface area (Å²) >= 11 is 5.90. The van der Waals surface area contributed by atoms with Gasteiger partial charge in [-0.3, -0.25) is 0 Å². The van der Waals surface area contributed by atoms with E-state index in [1.54, 1.807) is 0 Å². The lowest BCUT2D eigenvalue weighted by molar-refractivity contribution is 0.179. The van der Waals surface area contributed by atoms with Crippen LogP contribution in [0.25, 0.3) is 10.9 Å². The molecular weight excluding hydrogens is 212 g/mol. The summed E-state index contributed by atoms with van der Waals surface area (Å²) in [7, 11) is 1.91. The van der Waals surface area contributed by atoms with E-state index in [-0.39, 0.29) is 6.54 Å². The molecule has 0 amide bonds. The molecule has 1 atom stereocenters. The van der Waals surface area contributed by atoms with E-state index in [4.69, 9.17) is 17.3 Å². The van der Waals surface area contributed by atoms with Crippen LogP contribution in [0, 0.1) is 0 Å². The van der Waals surface area contributed by atoms with Gasteiger partial charge in [0, 0.05) is 35.2 Å². The lowest BCUT2D eigenvalue weighted by Gasteiger charge is -2.09. The summed E-state index contributed by atoms with van der Waals surface area (Å²) in [5.74, 6) is 0. The van der Waals surface area contributed by atoms with Gasteiger partial charge < -0.3 is 15.4 Å². The summed E-state index contributed by atoms with van der Waals surface area (Å²) in [5.41, 5.74) is 7.29. The van der Waals surface area contributed by atoms with Crippen LogP contribution in [0.5, 0.6) is 0 Å². The number of aryl methyl sites for hydroxylation is 1. The van der Waals surface area contributed by atoms with E-state index in [0.717, 1.165) is 16.6 Å². The second kappa shape index (κ2) is 3.85. The maximum Gasteiger partial charge on any atom is 0.106 e. The van der Waals surface area contributed by atoms with Crippen LogP contribution >= 0.6 is 11.6 Å². The highest BCUT2D eigenvalue weighted by Gasteiger charge is 2.12. The molecule has 1 aromatic carbocycles. The van der Waals surface area contributed by atoms with Crippen molar-refractivity contribution < 1.29 is 5.11 Å². The Hall–Kier alpha value is -1.03. The predicted octanol–water partition coefficient (Wildman–Crippen LogP) is 1.82. The maximum atomic E-state index is 9.70. The molecule has 1 unspecified atom stereocenters. The molecule has 0 saturated heterocycles. The zero-order valence-electron chi connectivity index (χ0n) is 8.44. The van der Waals surface area contributed by atoms with Crippen LogP contribution in [-0.2, 0) is 7.05 Å². The summed E-state index contributed by atoms with van der Waals surface area (Å²) in [4.78, 5) is 0. The fourth-order valence-corrected chi connectivity index (χ4v) is 1.96. The molecule has 1 heterocycles. The van der Waals surface area contributed by atoms with Crippen LogP contribution in [0.1, 0.15) is 11.8 Å². The van der Waals surface area contributed by atoms with E-state index in [2.05, 4.69) is 0 Å². The fraction of sp³-hybridized carbons (Fsp3) is 0.273. The molecule has 3 nitrogen and oxygen atoms in total. The Morgan fingerprint density at radius 1 is 1.47 bits per heavy atom. The Kier molecular flexibility index (Phi) is 2.69. The summed E-state index contributed by atoms with van der Waals surface area (Å²) in [6.07, 6.45) is -0.624. The molecular formula is C11H13ClN2O. The summed E-state index contributed by atoms with van der Waals surface area (Å²) in [5, 5.41) is 11.4. The molecule has 15 heavy (non-hydrogen) atoms. The molecule has 4 heteroatoms. The van der Waals surface area contributed by atoms with Crippen LogP contribution in [0.2, 0.25) is 5.02 Å². The summed E-state index contributed by atoms with van der Waals surface area (Å²) in [6.45, 7) is 0.220. The van der Waals surface area contributed by atoms with Crippen molar-refractivity contribution >= 4 is 22.5 Å². The second-order valence-electron chi connectivity index (χ2n) is 3.58. The molecule has 0 saturated carbocycles. The smallest absolute Gasteiger partial charge is 0.106 e. The summed E-state index contributed by atoms with van der Waals surface area (Å²) in [6, 6.07) is 7.56. The molecule has 0 spiro atoms. The predicted molar refractivity (Wildman–Crippen MR) is 61.9 cm³/mol. The van der Waals surface area contributed by atoms with Gasteiger partial charge in [-0.05, 0) is 24.3 Å². The number of hydrogen-bond acceptors (Lipinski definition) is 2. The monoisotopic (exact) mass is 224 g/mol. The zero-order valence-corrected chi connectivity index (χ0v) is 9.20. The van der Waals surface area contributed by atoms with Gasteiger partial charge in [0.05, 0.1) is 0 Å². The molecule has 0 aliphatic carbocycles. The number of benzene rings is 1. The third kappa shape index (κ3) is 1.74. The van der Waals surface area contributed by atoms with Gasteiger partial charge in [0.2, 0.25) is 0 Å². The Morgan fingerprint density at radius 2 is 2.20 bits per heavy atom. The van der Waals surface area contributed by atoms with Crippen LogP contribution in [0.3, 0.4) is 0 Å². The first-order chi connectivity index (χ1) is 7.13. The highest BCUT2D eigenvalue weighted by molar-refractivity contribution is 6.31. The van der Waals surface area contributed by atoms with E-state index in [0.29, 0.717) is 5.02 Å². The van der Waals surface area contributed by atoms with Crippen LogP contribution in [0.4, 0.5) is 0 Å². The third-order valence-corrected chi connectivity index (χ3v) is 2.84. The van der Waals surface area contributed by atoms with E-state index in [9.17, 15) is 5.11 Å². The van der Waals surface area contributed by atoms with Gasteiger partial charge in [-0.25, -0.2) is 0 Å². The van der Waals surface area contributed by atoms with E-state index >= 15 is 0 Å². The van der Waals surface area contributed by atoms with Crippen molar-refractivity contribution in [2.24, 2.45) is 12.8 Å². The number of halogens is 1. The first-order valence-corrected chi connectivity index (χ1v) is 5.14. The highest BCUT2D eigenvalue weighted by Crippen LogP contribution is 2.25. The Morgan fingerprint density at radius 3 is 2.87 bits per heavy atom. The second-order valence-corrected chi connectivity index (χ2v) is 4.02. The Bertz CT molecular complexity index is 493. The minimum atomic E-state index is -0.624. The summed E-state index contributed by atoms with van der Waals surface area (Å²) < 4.78 is 1.93. The molecule has 0 bridgehead atoms. The molecule has 0 fully saturated rings. The molecule has 80 valence electrons. The highest BCUT2D eigenvalue weighted by atomic mass is 35.5. The van der Waals surface area contributed by atoms with Gasteiger partial charge in [-0.2, -0.15) is 0 Å². The first-order valence-electron chi connectivity index (χ1n) is 4.76. The minimum absolute atomic E-state index is 0.220. The minimum Gasteiger partial charge on any atom is -0.386 e. The number of aliphatic hydroxyl groups excluding tert-OH is 1. The van der Waals surface area contributed by atoms with Gasteiger partial charge >= 0.3 is 0 Å². The average molecular weight is 225 g/mol. The van der Waals surface area contributed by atoms with Crippen molar-refractivity contribution in [3.8, 4) is 0 Å². The molecule has 1 aromatic heterocycles. The van der Waals surface area contributed by atoms with Gasteiger partial charge in [-0.1, -0.05) is 11.6 Å². The van der Waals surface area contributed by atoms with E-state index in [1.165, 1.54) is 0 Å². The van der Waals surface area contributed by atoms with Crippen molar-refractivity contribution in [2.45, 2.75) is 6.10 Å². The molecule has 0 radical (unpaired) electrons. The quantitative estimate of drug-likeness (QED) is 0.818. The third-order valence-electron chi connectivity index (χ3n) is 2.61. The van der Waals surface area contributed by atoms with Crippen molar-refractivity contribution in [3.63, 3.8) is 0 Å². The van der Waals surface area contributed by atoms with E-state index in [1.807, 2.05) is 35.9 Å². The molecule has 2 aromatic rings. The van der Waals surface area contributed by atoms with Gasteiger partial charge in [0.1, 0.15) is 6.10 Å². The molecule has 0 aliphatic heterocycles. The zero-order chi connectivity index (χ0) is 11.0. The SMILES string of the molecule is Cn1c(C(O)CN)cc2cc(Cl)ccc21. The fourth-order valence-electron chi connectivity index (χ4n) is 1.78. The maximum absolute atomic E-state index is 9.70. The van der Waals surface area contributed by atoms with Crippen LogP contribution < -0.4 is 5.73 Å². The standard InChI is InChI=1S/C11H13ClN2O/c1-14-9-3-2-8(12)4-7(9)5-10(14)11(15)6-13/h2-5,11,15H,6,13H2,1H3. The number of rotatable bonds is 2. The first kappa shape index (κ1) is 10.5. The van der Waals surface area contributed by atoms with Gasteiger partial charge in [0.15, 0.2) is 0 Å². The van der Waals surface area contributed by atoms with Crippen LogP contribution in [-0.4, -0.2) is 16.2 Å². The number of nitrogens with zero attached hydrogens (tertiary/aromatic N) is 1. The number of hydrogen-bond donors (Lipinski definition) is 2. The lowest BCUT2D eigenvalue weighted by Crippen LogP contribution is -2.14. The Balaban J connectivity index is 2.63. The van der Waals surface area contributed by atoms with Crippen molar-refractivity contribution in [1.82, 2.24) is 4.57 Å². The van der Waals surface area contributed by atoms with Gasteiger partial charge in [0.25, 0.3) is 0 Å². The average Bonchev–Trinajstić information content (AvgIpc) is 2.54. The van der Waals surface area contributed by atoms with Crippen molar-refractivity contribution in [2.75, 3.05) is 6.54 Å². The number of fused-ring (bicyclic) bond motifs is 1. The number of aliphatic hydroxyl groups is 1. The van der Waals surface area contributed by atoms with Crippen molar-refractivity contribution in [3.05, 3.63) is 35.0 Å². The molecule has 0 aliphatic rings. The molecule has 3 N–H and O–H groups in total. The topological polar surface area (TPSA) is 51.2 Å². The number of nitrogens with two attached hydrogens (primary N) is 1.